The average Bonchev–Trinajstić information content (AvgIpc) is 3.02. The van der Waals surface area contributed by atoms with Crippen molar-refractivity contribution in [2.24, 2.45) is 0 Å². The van der Waals surface area contributed by atoms with Crippen LogP contribution < -0.4 is 10.6 Å². The van der Waals surface area contributed by atoms with Crippen molar-refractivity contribution in [1.82, 2.24) is 20.7 Å². The van der Waals surface area contributed by atoms with Gasteiger partial charge in [0.1, 0.15) is 17.0 Å². The fraction of sp³-hybridized carbons (Fsp3) is 0.444. The van der Waals surface area contributed by atoms with E-state index in [0.717, 1.165) is 44.7 Å². The molecule has 1 aliphatic rings. The molecule has 0 spiro atoms. The topological polar surface area (TPSA) is 70.4 Å². The van der Waals surface area contributed by atoms with Gasteiger partial charge in [-0.1, -0.05) is 35.5 Å². The van der Waals surface area contributed by atoms with Crippen LogP contribution in [0.15, 0.2) is 34.9 Å². The van der Waals surface area contributed by atoms with Gasteiger partial charge >= 0.3 is 0 Å². The van der Waals surface area contributed by atoms with Crippen LogP contribution in [0.4, 0.5) is 0 Å². The van der Waals surface area contributed by atoms with Gasteiger partial charge in [0.2, 0.25) is 0 Å². The summed E-state index contributed by atoms with van der Waals surface area (Å²) >= 11 is 0. The van der Waals surface area contributed by atoms with Gasteiger partial charge in [-0.3, -0.25) is 4.79 Å². The Bertz CT molecular complexity index is 663. The summed E-state index contributed by atoms with van der Waals surface area (Å²) < 4.78 is 5.25. The zero-order valence-electron chi connectivity index (χ0n) is 14.0. The van der Waals surface area contributed by atoms with Gasteiger partial charge in [0.15, 0.2) is 0 Å². The normalized spacial score (nSPS) is 15.4. The standard InChI is InChI=1S/C18H24N4O2/c1-14-16(17(21-24-14)15-6-3-2-4-7-15)18(23)20-8-5-11-22-12-9-19-10-13-22/h2-4,6-7,19H,5,8-13H2,1H3,(H,20,23). The second-order valence-electron chi connectivity index (χ2n) is 6.03. The molecule has 6 nitrogen and oxygen atoms in total. The molecule has 2 heterocycles. The Morgan fingerprint density at radius 3 is 2.79 bits per heavy atom. The summed E-state index contributed by atoms with van der Waals surface area (Å²) in [4.78, 5) is 15.0. The van der Waals surface area contributed by atoms with E-state index in [1.807, 2.05) is 30.3 Å². The van der Waals surface area contributed by atoms with Gasteiger partial charge in [0.25, 0.3) is 5.91 Å². The van der Waals surface area contributed by atoms with E-state index in [0.29, 0.717) is 23.6 Å². The van der Waals surface area contributed by atoms with Crippen molar-refractivity contribution in [2.45, 2.75) is 13.3 Å². The Kier molecular flexibility index (Phi) is 5.61. The molecule has 0 unspecified atom stereocenters. The minimum absolute atomic E-state index is 0.118. The number of carbonyl (C=O) groups excluding carboxylic acids is 1. The lowest BCUT2D eigenvalue weighted by atomic mass is 10.1. The SMILES string of the molecule is Cc1onc(-c2ccccc2)c1C(=O)NCCCN1CCNCC1. The van der Waals surface area contributed by atoms with E-state index in [9.17, 15) is 4.79 Å². The highest BCUT2D eigenvalue weighted by Gasteiger charge is 2.21. The van der Waals surface area contributed by atoms with Crippen LogP contribution in [0.25, 0.3) is 11.3 Å². The van der Waals surface area contributed by atoms with Crippen LogP contribution in [0.3, 0.4) is 0 Å². The molecule has 3 rings (SSSR count). The molecular formula is C18H24N4O2. The predicted octanol–water partition coefficient (Wildman–Crippen LogP) is 1.68. The molecule has 0 saturated carbocycles. The van der Waals surface area contributed by atoms with Gasteiger partial charge in [-0.2, -0.15) is 0 Å². The number of benzene rings is 1. The summed E-state index contributed by atoms with van der Waals surface area (Å²) in [6, 6.07) is 9.65. The molecule has 1 saturated heterocycles. The van der Waals surface area contributed by atoms with Gasteiger partial charge in [-0.15, -0.1) is 0 Å². The lowest BCUT2D eigenvalue weighted by molar-refractivity contribution is 0.0950. The minimum Gasteiger partial charge on any atom is -0.360 e. The number of hydrogen-bond donors (Lipinski definition) is 2. The maximum atomic E-state index is 12.5. The van der Waals surface area contributed by atoms with E-state index in [1.165, 1.54) is 0 Å². The van der Waals surface area contributed by atoms with Crippen LogP contribution in [0.2, 0.25) is 0 Å². The lowest BCUT2D eigenvalue weighted by Crippen LogP contribution is -2.44. The fourth-order valence-corrected chi connectivity index (χ4v) is 2.96. The summed E-state index contributed by atoms with van der Waals surface area (Å²) in [5, 5.41) is 10.4. The number of piperazine rings is 1. The molecule has 6 heteroatoms. The molecular weight excluding hydrogens is 304 g/mol. The number of nitrogens with zero attached hydrogens (tertiary/aromatic N) is 2. The molecule has 24 heavy (non-hydrogen) atoms. The second kappa shape index (κ2) is 8.08. The van der Waals surface area contributed by atoms with Crippen LogP contribution in [0.5, 0.6) is 0 Å². The molecule has 1 aromatic heterocycles. The van der Waals surface area contributed by atoms with Gasteiger partial charge in [0.05, 0.1) is 0 Å². The molecule has 0 aliphatic carbocycles. The fourth-order valence-electron chi connectivity index (χ4n) is 2.96. The van der Waals surface area contributed by atoms with Gasteiger partial charge < -0.3 is 20.1 Å². The van der Waals surface area contributed by atoms with Crippen LogP contribution in [0.1, 0.15) is 22.5 Å². The number of amides is 1. The third kappa shape index (κ3) is 4.01. The molecule has 0 radical (unpaired) electrons. The molecule has 0 atom stereocenters. The van der Waals surface area contributed by atoms with Crippen LogP contribution in [-0.4, -0.2) is 55.2 Å². The largest absolute Gasteiger partial charge is 0.360 e. The Labute approximate surface area is 142 Å². The summed E-state index contributed by atoms with van der Waals surface area (Å²) in [5.41, 5.74) is 2.02. The number of hydrogen-bond acceptors (Lipinski definition) is 5. The first-order valence-electron chi connectivity index (χ1n) is 8.48. The van der Waals surface area contributed by atoms with Crippen molar-refractivity contribution in [3.63, 3.8) is 0 Å². The first kappa shape index (κ1) is 16.7. The Morgan fingerprint density at radius 1 is 1.29 bits per heavy atom. The molecule has 1 amide bonds. The van der Waals surface area contributed by atoms with Gasteiger partial charge in [-0.25, -0.2) is 0 Å². The zero-order valence-corrected chi connectivity index (χ0v) is 14.0. The second-order valence-corrected chi connectivity index (χ2v) is 6.03. The highest BCUT2D eigenvalue weighted by molar-refractivity contribution is 6.00. The minimum atomic E-state index is -0.118. The highest BCUT2D eigenvalue weighted by atomic mass is 16.5. The molecule has 0 bridgehead atoms. The van der Waals surface area contributed by atoms with Crippen molar-refractivity contribution < 1.29 is 9.32 Å². The van der Waals surface area contributed by atoms with Crippen molar-refractivity contribution in [1.29, 1.82) is 0 Å². The molecule has 2 N–H and O–H groups in total. The monoisotopic (exact) mass is 328 g/mol. The third-order valence-electron chi connectivity index (χ3n) is 4.28. The Balaban J connectivity index is 1.56. The Hall–Kier alpha value is -2.18. The number of carbonyl (C=O) groups is 1. The first-order chi connectivity index (χ1) is 11.8. The van der Waals surface area contributed by atoms with Crippen LogP contribution in [0, 0.1) is 6.92 Å². The van der Waals surface area contributed by atoms with E-state index in [-0.39, 0.29) is 5.91 Å². The highest BCUT2D eigenvalue weighted by Crippen LogP contribution is 2.24. The van der Waals surface area contributed by atoms with Crippen LogP contribution in [-0.2, 0) is 0 Å². The van der Waals surface area contributed by atoms with E-state index in [4.69, 9.17) is 4.52 Å². The van der Waals surface area contributed by atoms with E-state index in [2.05, 4.69) is 20.7 Å². The van der Waals surface area contributed by atoms with Gasteiger partial charge in [-0.05, 0) is 19.9 Å². The summed E-state index contributed by atoms with van der Waals surface area (Å²) in [5.74, 6) is 0.432. The van der Waals surface area contributed by atoms with Crippen molar-refractivity contribution >= 4 is 5.91 Å². The summed E-state index contributed by atoms with van der Waals surface area (Å²) in [6.45, 7) is 7.69. The molecule has 2 aromatic rings. The third-order valence-corrected chi connectivity index (χ3v) is 4.28. The van der Waals surface area contributed by atoms with Crippen molar-refractivity contribution in [3.05, 3.63) is 41.7 Å². The smallest absolute Gasteiger partial charge is 0.257 e. The van der Waals surface area contributed by atoms with Crippen LogP contribution >= 0.6 is 0 Å². The maximum absolute atomic E-state index is 12.5. The molecule has 1 aromatic carbocycles. The average molecular weight is 328 g/mol. The molecule has 1 fully saturated rings. The Morgan fingerprint density at radius 2 is 2.04 bits per heavy atom. The van der Waals surface area contributed by atoms with Gasteiger partial charge in [0, 0.05) is 38.3 Å². The zero-order chi connectivity index (χ0) is 16.8. The molecule has 128 valence electrons. The summed E-state index contributed by atoms with van der Waals surface area (Å²) in [6.07, 6.45) is 0.941. The number of rotatable bonds is 6. The van der Waals surface area contributed by atoms with E-state index < -0.39 is 0 Å². The number of aryl methyl sites for hydroxylation is 1. The molecule has 1 aliphatic heterocycles. The van der Waals surface area contributed by atoms with Crippen molar-refractivity contribution in [3.8, 4) is 11.3 Å². The summed E-state index contributed by atoms with van der Waals surface area (Å²) in [7, 11) is 0. The lowest BCUT2D eigenvalue weighted by Gasteiger charge is -2.27. The van der Waals surface area contributed by atoms with E-state index >= 15 is 0 Å². The first-order valence-corrected chi connectivity index (χ1v) is 8.48. The van der Waals surface area contributed by atoms with Crippen molar-refractivity contribution in [2.75, 3.05) is 39.3 Å². The maximum Gasteiger partial charge on any atom is 0.257 e. The predicted molar refractivity (Wildman–Crippen MR) is 92.9 cm³/mol. The number of nitrogens with one attached hydrogen (secondary N) is 2. The quantitative estimate of drug-likeness (QED) is 0.790. The number of aromatic nitrogens is 1. The van der Waals surface area contributed by atoms with E-state index in [1.54, 1.807) is 6.92 Å².